The maximum atomic E-state index is 12.3. The van der Waals surface area contributed by atoms with E-state index in [0.29, 0.717) is 6.04 Å². The number of hydrogen-bond acceptors (Lipinski definition) is 4. The van der Waals surface area contributed by atoms with Crippen molar-refractivity contribution < 1.29 is 4.79 Å². The molecule has 1 amide bonds. The molecule has 1 aliphatic carbocycles. The fraction of sp³-hybridized carbons (Fsp3) is 0.667. The minimum absolute atomic E-state index is 0.00518. The number of amides is 1. The van der Waals surface area contributed by atoms with Crippen molar-refractivity contribution in [1.82, 2.24) is 14.7 Å². The molecule has 2 heterocycles. The predicted molar refractivity (Wildman–Crippen MR) is 80.2 cm³/mol. The quantitative estimate of drug-likeness (QED) is 0.905. The molecular formula is C15H22N4O2. The number of carbonyl (C=O) groups excluding carboxylic acids is 1. The number of likely N-dealkylation sites (tertiary alicyclic amines) is 1. The molecule has 1 N–H and O–H groups in total. The molecule has 114 valence electrons. The van der Waals surface area contributed by atoms with Crippen LogP contribution >= 0.6 is 0 Å². The average Bonchev–Trinajstić information content (AvgIpc) is 3.28. The zero-order chi connectivity index (χ0) is 14.7. The van der Waals surface area contributed by atoms with Gasteiger partial charge in [-0.25, -0.2) is 4.68 Å². The Hall–Kier alpha value is -1.85. The van der Waals surface area contributed by atoms with Gasteiger partial charge in [-0.2, -0.15) is 5.10 Å². The summed E-state index contributed by atoms with van der Waals surface area (Å²) >= 11 is 0. The topological polar surface area (TPSA) is 67.2 Å². The fourth-order valence-corrected chi connectivity index (χ4v) is 2.64. The second-order valence-electron chi connectivity index (χ2n) is 5.95. The molecule has 0 atom stereocenters. The molecule has 1 saturated carbocycles. The van der Waals surface area contributed by atoms with Crippen LogP contribution in [0.3, 0.4) is 0 Å². The first-order valence-electron chi connectivity index (χ1n) is 7.84. The van der Waals surface area contributed by atoms with Gasteiger partial charge >= 0.3 is 0 Å². The van der Waals surface area contributed by atoms with Gasteiger partial charge in [0.05, 0.1) is 11.9 Å². The van der Waals surface area contributed by atoms with Gasteiger partial charge in [-0.15, -0.1) is 0 Å². The van der Waals surface area contributed by atoms with Crippen LogP contribution in [0.2, 0.25) is 0 Å². The van der Waals surface area contributed by atoms with Crippen molar-refractivity contribution in [2.24, 2.45) is 0 Å². The van der Waals surface area contributed by atoms with Gasteiger partial charge in [0, 0.05) is 25.2 Å². The van der Waals surface area contributed by atoms with E-state index in [4.69, 9.17) is 0 Å². The number of rotatable bonds is 4. The molecule has 2 aliphatic rings. The smallest absolute Gasteiger partial charge is 0.269 e. The molecule has 6 nitrogen and oxygen atoms in total. The Bertz CT molecular complexity index is 557. The Morgan fingerprint density at radius 3 is 2.57 bits per heavy atom. The molecular weight excluding hydrogens is 268 g/mol. The Labute approximate surface area is 124 Å². The molecule has 2 fully saturated rings. The largest absolute Gasteiger partial charge is 0.381 e. The summed E-state index contributed by atoms with van der Waals surface area (Å²) in [6, 6.07) is 2.02. The standard InChI is InChI=1S/C15H22N4O2/c20-14-9-13(17-12-5-6-12)10-16-19(14)11-15(21)18-7-3-1-2-4-8-18/h9-10,12,17H,1-8,11H2. The minimum Gasteiger partial charge on any atom is -0.381 e. The number of nitrogens with zero attached hydrogens (tertiary/aromatic N) is 3. The third kappa shape index (κ3) is 3.83. The number of nitrogens with one attached hydrogen (secondary N) is 1. The monoisotopic (exact) mass is 290 g/mol. The van der Waals surface area contributed by atoms with E-state index < -0.39 is 0 Å². The molecule has 0 aromatic carbocycles. The molecule has 6 heteroatoms. The van der Waals surface area contributed by atoms with Gasteiger partial charge in [0.1, 0.15) is 6.54 Å². The summed E-state index contributed by atoms with van der Waals surface area (Å²) in [5.41, 5.74) is 0.532. The number of carbonyl (C=O) groups is 1. The van der Waals surface area contributed by atoms with Gasteiger partial charge in [0.15, 0.2) is 0 Å². The Balaban J connectivity index is 1.63. The van der Waals surface area contributed by atoms with E-state index in [1.54, 1.807) is 6.20 Å². The molecule has 0 bridgehead atoms. The molecule has 1 saturated heterocycles. The highest BCUT2D eigenvalue weighted by Gasteiger charge is 2.21. The van der Waals surface area contributed by atoms with Crippen LogP contribution in [0, 0.1) is 0 Å². The van der Waals surface area contributed by atoms with Crippen LogP contribution in [-0.2, 0) is 11.3 Å². The van der Waals surface area contributed by atoms with Crippen molar-refractivity contribution in [2.45, 2.75) is 51.1 Å². The van der Waals surface area contributed by atoms with Crippen LogP contribution in [0.1, 0.15) is 38.5 Å². The zero-order valence-electron chi connectivity index (χ0n) is 12.3. The van der Waals surface area contributed by atoms with Crippen molar-refractivity contribution >= 4 is 11.6 Å². The summed E-state index contributed by atoms with van der Waals surface area (Å²) in [6.45, 7) is 1.65. The molecule has 3 rings (SSSR count). The highest BCUT2D eigenvalue weighted by atomic mass is 16.2. The molecule has 1 aromatic rings. The Kier molecular flexibility index (Phi) is 4.22. The van der Waals surface area contributed by atoms with E-state index in [1.165, 1.54) is 23.6 Å². The van der Waals surface area contributed by atoms with E-state index in [-0.39, 0.29) is 18.0 Å². The van der Waals surface area contributed by atoms with Crippen LogP contribution < -0.4 is 10.9 Å². The van der Waals surface area contributed by atoms with Crippen molar-refractivity contribution in [1.29, 1.82) is 0 Å². The lowest BCUT2D eigenvalue weighted by molar-refractivity contribution is -0.132. The van der Waals surface area contributed by atoms with E-state index in [0.717, 1.165) is 44.5 Å². The Morgan fingerprint density at radius 1 is 1.24 bits per heavy atom. The zero-order valence-corrected chi connectivity index (χ0v) is 12.3. The first-order valence-corrected chi connectivity index (χ1v) is 7.84. The van der Waals surface area contributed by atoms with Crippen LogP contribution in [0.5, 0.6) is 0 Å². The van der Waals surface area contributed by atoms with Crippen molar-refractivity contribution in [3.8, 4) is 0 Å². The molecule has 1 aromatic heterocycles. The highest BCUT2D eigenvalue weighted by molar-refractivity contribution is 5.75. The molecule has 0 radical (unpaired) electrons. The van der Waals surface area contributed by atoms with E-state index in [9.17, 15) is 9.59 Å². The van der Waals surface area contributed by atoms with Gasteiger partial charge in [0.2, 0.25) is 5.91 Å². The molecule has 1 aliphatic heterocycles. The third-order valence-corrected chi connectivity index (χ3v) is 4.06. The maximum Gasteiger partial charge on any atom is 0.269 e. The van der Waals surface area contributed by atoms with Gasteiger partial charge in [-0.1, -0.05) is 12.8 Å². The van der Waals surface area contributed by atoms with Gasteiger partial charge in [-0.05, 0) is 25.7 Å². The summed E-state index contributed by atoms with van der Waals surface area (Å²) in [5, 5.41) is 7.35. The molecule has 0 spiro atoms. The van der Waals surface area contributed by atoms with Crippen LogP contribution in [-0.4, -0.2) is 39.7 Å². The summed E-state index contributed by atoms with van der Waals surface area (Å²) in [7, 11) is 0. The second kappa shape index (κ2) is 6.28. The first-order chi connectivity index (χ1) is 10.2. The Morgan fingerprint density at radius 2 is 1.95 bits per heavy atom. The maximum absolute atomic E-state index is 12.3. The lowest BCUT2D eigenvalue weighted by Gasteiger charge is -2.20. The van der Waals surface area contributed by atoms with Crippen molar-refractivity contribution in [3.63, 3.8) is 0 Å². The van der Waals surface area contributed by atoms with Crippen molar-refractivity contribution in [2.75, 3.05) is 18.4 Å². The molecule has 0 unspecified atom stereocenters. The van der Waals surface area contributed by atoms with Crippen molar-refractivity contribution in [3.05, 3.63) is 22.6 Å². The van der Waals surface area contributed by atoms with E-state index in [2.05, 4.69) is 10.4 Å². The van der Waals surface area contributed by atoms with Crippen LogP contribution in [0.4, 0.5) is 5.69 Å². The minimum atomic E-state index is -0.219. The second-order valence-corrected chi connectivity index (χ2v) is 5.95. The van der Waals surface area contributed by atoms with Gasteiger partial charge < -0.3 is 10.2 Å². The average molecular weight is 290 g/mol. The number of hydrogen-bond donors (Lipinski definition) is 1. The van der Waals surface area contributed by atoms with Crippen LogP contribution in [0.25, 0.3) is 0 Å². The summed E-state index contributed by atoms with van der Waals surface area (Å²) in [4.78, 5) is 26.1. The van der Waals surface area contributed by atoms with E-state index in [1.807, 2.05) is 4.90 Å². The first kappa shape index (κ1) is 14.1. The molecule has 21 heavy (non-hydrogen) atoms. The number of aromatic nitrogens is 2. The lowest BCUT2D eigenvalue weighted by Crippen LogP contribution is -2.37. The van der Waals surface area contributed by atoms with E-state index >= 15 is 0 Å². The SMILES string of the molecule is O=C(Cn1ncc(NC2CC2)cc1=O)N1CCCCCC1. The van der Waals surface area contributed by atoms with Gasteiger partial charge in [0.25, 0.3) is 5.56 Å². The predicted octanol–water partition coefficient (Wildman–Crippen LogP) is 1.22. The summed E-state index contributed by atoms with van der Waals surface area (Å²) < 4.78 is 1.26. The highest BCUT2D eigenvalue weighted by Crippen LogP contribution is 2.23. The summed E-state index contributed by atoms with van der Waals surface area (Å²) in [5.74, 6) is -0.00518. The van der Waals surface area contributed by atoms with Crippen LogP contribution in [0.15, 0.2) is 17.1 Å². The third-order valence-electron chi connectivity index (χ3n) is 4.06. The van der Waals surface area contributed by atoms with Gasteiger partial charge in [-0.3, -0.25) is 9.59 Å². The lowest BCUT2D eigenvalue weighted by atomic mass is 10.2. The normalized spacial score (nSPS) is 19.1. The fourth-order valence-electron chi connectivity index (χ4n) is 2.64. The summed E-state index contributed by atoms with van der Waals surface area (Å²) in [6.07, 6.45) is 8.41. The number of anilines is 1.